The first-order valence-corrected chi connectivity index (χ1v) is 11.7. The molecule has 0 bridgehead atoms. The molecule has 3 rings (SSSR count). The number of para-hydroxylation sites is 2. The van der Waals surface area contributed by atoms with Gasteiger partial charge in [0, 0.05) is 17.2 Å². The van der Waals surface area contributed by atoms with Crippen molar-refractivity contribution < 1.29 is 19.8 Å². The van der Waals surface area contributed by atoms with Gasteiger partial charge in [-0.2, -0.15) is 0 Å². The number of aliphatic hydroxyl groups is 2. The van der Waals surface area contributed by atoms with Crippen molar-refractivity contribution in [3.63, 3.8) is 0 Å². The summed E-state index contributed by atoms with van der Waals surface area (Å²) >= 11 is 1.52. The molecule has 33 heavy (non-hydrogen) atoms. The number of fused-ring (bicyclic) bond motifs is 1. The minimum absolute atomic E-state index is 0.0745. The zero-order valence-corrected chi connectivity index (χ0v) is 19.6. The van der Waals surface area contributed by atoms with Gasteiger partial charge < -0.3 is 21.3 Å². The van der Waals surface area contributed by atoms with Crippen molar-refractivity contribution in [1.29, 1.82) is 0 Å². The summed E-state index contributed by atoms with van der Waals surface area (Å²) in [6.07, 6.45) is 1.55. The summed E-state index contributed by atoms with van der Waals surface area (Å²) in [5.41, 5.74) is 6.04. The molecule has 5 N–H and O–H groups in total. The Balaban J connectivity index is 1.76. The van der Waals surface area contributed by atoms with Crippen molar-refractivity contribution in [3.05, 3.63) is 58.5 Å². The van der Waals surface area contributed by atoms with Crippen LogP contribution in [0.5, 0.6) is 0 Å². The van der Waals surface area contributed by atoms with Crippen LogP contribution >= 0.6 is 11.3 Å². The number of hydrogen-bond acceptors (Lipinski definition) is 7. The number of amides is 2. The van der Waals surface area contributed by atoms with Gasteiger partial charge in [0.15, 0.2) is 0 Å². The van der Waals surface area contributed by atoms with Crippen LogP contribution in [0, 0.1) is 5.92 Å². The molecule has 0 aliphatic rings. The minimum atomic E-state index is -1.02. The lowest BCUT2D eigenvalue weighted by Crippen LogP contribution is -2.46. The highest BCUT2D eigenvalue weighted by Crippen LogP contribution is 2.22. The van der Waals surface area contributed by atoms with E-state index in [4.69, 9.17) is 5.73 Å². The lowest BCUT2D eigenvalue weighted by Gasteiger charge is -2.27. The molecule has 0 unspecified atom stereocenters. The Hall–Kier alpha value is -2.88. The van der Waals surface area contributed by atoms with Crippen LogP contribution in [-0.4, -0.2) is 49.7 Å². The van der Waals surface area contributed by atoms with Gasteiger partial charge in [-0.15, -0.1) is 11.3 Å². The Morgan fingerprint density at radius 2 is 1.91 bits per heavy atom. The Labute approximate surface area is 196 Å². The van der Waals surface area contributed by atoms with E-state index >= 15 is 0 Å². The smallest absolute Gasteiger partial charge is 0.271 e. The number of nitrogens with two attached hydrogens (primary N) is 1. The number of carbonyl (C=O) groups is 2. The molecule has 3 atom stereocenters. The molecule has 0 saturated heterocycles. The van der Waals surface area contributed by atoms with E-state index in [0.29, 0.717) is 30.3 Å². The summed E-state index contributed by atoms with van der Waals surface area (Å²) in [5.74, 6) is -1.63. The van der Waals surface area contributed by atoms with Gasteiger partial charge in [0.2, 0.25) is 5.91 Å². The van der Waals surface area contributed by atoms with E-state index in [0.717, 1.165) is 4.88 Å². The molecule has 0 aliphatic heterocycles. The fourth-order valence-electron chi connectivity index (χ4n) is 3.60. The normalized spacial score (nSPS) is 14.5. The maximum absolute atomic E-state index is 13.0. The first-order chi connectivity index (χ1) is 15.6. The number of benzene rings is 1. The zero-order valence-electron chi connectivity index (χ0n) is 18.8. The van der Waals surface area contributed by atoms with Crippen LogP contribution in [0.3, 0.4) is 0 Å². The van der Waals surface area contributed by atoms with Crippen LogP contribution in [0.2, 0.25) is 0 Å². The Morgan fingerprint density at radius 1 is 1.18 bits per heavy atom. The summed E-state index contributed by atoms with van der Waals surface area (Å²) in [6.45, 7) is 3.32. The average Bonchev–Trinajstić information content (AvgIpc) is 3.28. The van der Waals surface area contributed by atoms with Gasteiger partial charge in [-0.1, -0.05) is 18.2 Å². The number of nitrogens with one attached hydrogen (secondary N) is 1. The van der Waals surface area contributed by atoms with Crippen LogP contribution in [0.15, 0.2) is 48.0 Å². The van der Waals surface area contributed by atoms with Gasteiger partial charge in [0.25, 0.3) is 5.91 Å². The molecule has 2 heterocycles. The number of aliphatic hydroxyl groups excluding tert-OH is 1. The fraction of sp³-hybridized carbons (Fsp3) is 0.417. The number of hydrogen-bond donors (Lipinski definition) is 4. The molecular formula is C24H30N4O4S. The highest BCUT2D eigenvalue weighted by atomic mass is 32.1. The molecule has 1 aromatic carbocycles. The van der Waals surface area contributed by atoms with Crippen LogP contribution in [0.1, 0.15) is 48.5 Å². The van der Waals surface area contributed by atoms with Crippen molar-refractivity contribution >= 4 is 34.2 Å². The van der Waals surface area contributed by atoms with Crippen molar-refractivity contribution in [2.45, 2.75) is 57.3 Å². The monoisotopic (exact) mass is 470 g/mol. The van der Waals surface area contributed by atoms with E-state index in [2.05, 4.69) is 15.3 Å². The van der Waals surface area contributed by atoms with Crippen LogP contribution in [0.25, 0.3) is 11.0 Å². The van der Waals surface area contributed by atoms with Crippen molar-refractivity contribution in [2.75, 3.05) is 0 Å². The summed E-state index contributed by atoms with van der Waals surface area (Å²) < 4.78 is 0. The molecule has 176 valence electrons. The summed E-state index contributed by atoms with van der Waals surface area (Å²) in [5, 5.41) is 25.8. The minimum Gasteiger partial charge on any atom is -0.391 e. The summed E-state index contributed by atoms with van der Waals surface area (Å²) in [4.78, 5) is 34.6. The summed E-state index contributed by atoms with van der Waals surface area (Å²) in [7, 11) is 0. The predicted octanol–water partition coefficient (Wildman–Crippen LogP) is 2.44. The molecule has 0 aliphatic carbocycles. The Bertz CT molecular complexity index is 1080. The number of rotatable bonds is 11. The highest BCUT2D eigenvalue weighted by Gasteiger charge is 2.29. The predicted molar refractivity (Wildman–Crippen MR) is 128 cm³/mol. The van der Waals surface area contributed by atoms with Gasteiger partial charge >= 0.3 is 0 Å². The van der Waals surface area contributed by atoms with Crippen molar-refractivity contribution in [2.24, 2.45) is 11.7 Å². The van der Waals surface area contributed by atoms with Gasteiger partial charge in [-0.3, -0.25) is 14.6 Å². The van der Waals surface area contributed by atoms with Crippen LogP contribution < -0.4 is 11.1 Å². The maximum atomic E-state index is 13.0. The molecule has 3 aromatic rings. The first-order valence-electron chi connectivity index (χ1n) is 10.9. The molecule has 0 radical (unpaired) electrons. The van der Waals surface area contributed by atoms with E-state index in [9.17, 15) is 19.8 Å². The molecule has 0 fully saturated rings. The SMILES string of the molecule is CC(C)(O)CC[C@H](C[C@H](O)[C@H](Cc1cccs1)NC(=O)c1cnc2ccccc2n1)C(N)=O. The highest BCUT2D eigenvalue weighted by molar-refractivity contribution is 7.09. The number of thiophene rings is 1. The lowest BCUT2D eigenvalue weighted by atomic mass is 9.88. The van der Waals surface area contributed by atoms with Gasteiger partial charge in [-0.25, -0.2) is 4.98 Å². The van der Waals surface area contributed by atoms with Gasteiger partial charge in [0.1, 0.15) is 5.69 Å². The molecule has 2 aromatic heterocycles. The number of carbonyl (C=O) groups excluding carboxylic acids is 2. The topological polar surface area (TPSA) is 138 Å². The third-order valence-electron chi connectivity index (χ3n) is 5.50. The Kier molecular flexibility index (Phi) is 8.12. The van der Waals surface area contributed by atoms with Crippen LogP contribution in [-0.2, 0) is 11.2 Å². The third-order valence-corrected chi connectivity index (χ3v) is 6.40. The zero-order chi connectivity index (χ0) is 24.0. The summed E-state index contributed by atoms with van der Waals surface area (Å²) in [6, 6.07) is 10.4. The average molecular weight is 471 g/mol. The third kappa shape index (κ3) is 7.31. The number of aromatic nitrogens is 2. The molecular weight excluding hydrogens is 440 g/mol. The number of primary amides is 1. The molecule has 9 heteroatoms. The van der Waals surface area contributed by atoms with E-state index in [1.807, 2.05) is 35.7 Å². The van der Waals surface area contributed by atoms with Gasteiger partial charge in [-0.05, 0) is 56.7 Å². The molecule has 0 saturated carbocycles. The first kappa shape index (κ1) is 24.8. The van der Waals surface area contributed by atoms with Gasteiger partial charge in [0.05, 0.1) is 35.0 Å². The van der Waals surface area contributed by atoms with Crippen LogP contribution in [0.4, 0.5) is 0 Å². The van der Waals surface area contributed by atoms with Crippen molar-refractivity contribution in [1.82, 2.24) is 15.3 Å². The molecule has 2 amide bonds. The van der Waals surface area contributed by atoms with Crippen molar-refractivity contribution in [3.8, 4) is 0 Å². The van der Waals surface area contributed by atoms with E-state index in [1.165, 1.54) is 17.5 Å². The molecule has 8 nitrogen and oxygen atoms in total. The molecule has 0 spiro atoms. The Morgan fingerprint density at radius 3 is 2.55 bits per heavy atom. The quantitative estimate of drug-likeness (QED) is 0.339. The maximum Gasteiger partial charge on any atom is 0.271 e. The second-order valence-electron chi connectivity index (χ2n) is 8.86. The second-order valence-corrected chi connectivity index (χ2v) is 9.89. The fourth-order valence-corrected chi connectivity index (χ4v) is 4.36. The second kappa shape index (κ2) is 10.8. The van der Waals surface area contributed by atoms with E-state index < -0.39 is 35.5 Å². The lowest BCUT2D eigenvalue weighted by molar-refractivity contribution is -0.123. The largest absolute Gasteiger partial charge is 0.391 e. The van der Waals surface area contributed by atoms with E-state index in [1.54, 1.807) is 19.9 Å². The van der Waals surface area contributed by atoms with E-state index in [-0.39, 0.29) is 12.1 Å². The number of nitrogens with zero attached hydrogens (tertiary/aromatic N) is 2. The standard InChI is InChI=1S/C24H30N4O4S/c1-24(2,32)10-9-15(22(25)30)12-21(29)19(13-16-6-5-11-33-16)28-23(31)20-14-26-17-7-3-4-8-18(17)27-20/h3-8,11,14-15,19,21,29,32H,9-10,12-13H2,1-2H3,(H2,25,30)(H,28,31)/t15-,19+,21+/m1/s1.